The molecule has 136 valence electrons. The number of nitrogens with one attached hydrogen (secondary N) is 2. The fourth-order valence-corrected chi connectivity index (χ4v) is 3.32. The molecule has 1 amide bonds. The lowest BCUT2D eigenvalue weighted by molar-refractivity contribution is 0.161. The van der Waals surface area contributed by atoms with Gasteiger partial charge in [-0.3, -0.25) is 5.32 Å². The molecule has 0 saturated heterocycles. The molecule has 1 atom stereocenters. The molecule has 1 aromatic carbocycles. The highest BCUT2D eigenvalue weighted by molar-refractivity contribution is 7.89. The van der Waals surface area contributed by atoms with Crippen molar-refractivity contribution >= 4 is 21.8 Å². The zero-order chi connectivity index (χ0) is 18.4. The van der Waals surface area contributed by atoms with Crippen molar-refractivity contribution in [2.24, 2.45) is 7.05 Å². The third-order valence-corrected chi connectivity index (χ3v) is 5.11. The Morgan fingerprint density at radius 2 is 1.96 bits per heavy atom. The summed E-state index contributed by atoms with van der Waals surface area (Å²) in [6.07, 6.45) is 0.670. The molecule has 3 N–H and O–H groups in total. The molecule has 1 aromatic heterocycles. The SMILES string of the molecule is COC(=O)Nc1ccc(S(=O)(=O)NCC[C@@H](O)c2cccn2C)cc1. The molecule has 0 aliphatic heterocycles. The monoisotopic (exact) mass is 367 g/mol. The molecule has 8 nitrogen and oxygen atoms in total. The first-order valence-corrected chi connectivity index (χ1v) is 9.06. The second kappa shape index (κ2) is 8.15. The largest absolute Gasteiger partial charge is 0.453 e. The smallest absolute Gasteiger partial charge is 0.411 e. The highest BCUT2D eigenvalue weighted by Crippen LogP contribution is 2.17. The van der Waals surface area contributed by atoms with Crippen molar-refractivity contribution in [2.45, 2.75) is 17.4 Å². The van der Waals surface area contributed by atoms with E-state index in [0.29, 0.717) is 5.69 Å². The maximum absolute atomic E-state index is 12.2. The van der Waals surface area contributed by atoms with Gasteiger partial charge in [0.05, 0.1) is 18.1 Å². The van der Waals surface area contributed by atoms with E-state index in [0.717, 1.165) is 5.69 Å². The molecule has 0 unspecified atom stereocenters. The van der Waals surface area contributed by atoms with E-state index in [1.54, 1.807) is 10.6 Å². The molecule has 0 aliphatic rings. The Kier molecular flexibility index (Phi) is 6.18. The van der Waals surface area contributed by atoms with Crippen LogP contribution in [0.3, 0.4) is 0 Å². The normalized spacial score (nSPS) is 12.6. The van der Waals surface area contributed by atoms with Gasteiger partial charge in [0.25, 0.3) is 0 Å². The van der Waals surface area contributed by atoms with Gasteiger partial charge >= 0.3 is 6.09 Å². The number of amides is 1. The van der Waals surface area contributed by atoms with Gasteiger partial charge in [0.2, 0.25) is 10.0 Å². The summed E-state index contributed by atoms with van der Waals surface area (Å²) in [5.41, 5.74) is 1.14. The fourth-order valence-electron chi connectivity index (χ4n) is 2.27. The van der Waals surface area contributed by atoms with Crippen molar-refractivity contribution in [3.63, 3.8) is 0 Å². The van der Waals surface area contributed by atoms with Crippen molar-refractivity contribution in [1.29, 1.82) is 0 Å². The fraction of sp³-hybridized carbons (Fsp3) is 0.312. The number of carbonyl (C=O) groups is 1. The standard InChI is InChI=1S/C16H21N3O5S/c1-19-11-3-4-14(19)15(20)9-10-17-25(22,23)13-7-5-12(6-8-13)18-16(21)24-2/h3-8,11,15,17,20H,9-10H2,1-2H3,(H,18,21)/t15-/m1/s1. The molecule has 2 rings (SSSR count). The molecule has 25 heavy (non-hydrogen) atoms. The number of rotatable bonds is 7. The number of methoxy groups -OCH3 is 1. The number of aromatic nitrogens is 1. The van der Waals surface area contributed by atoms with Gasteiger partial charge in [-0.05, 0) is 42.8 Å². The van der Waals surface area contributed by atoms with E-state index in [-0.39, 0.29) is 17.9 Å². The number of sulfonamides is 1. The molecular formula is C16H21N3O5S. The first-order valence-electron chi connectivity index (χ1n) is 7.57. The molecule has 0 aliphatic carbocycles. The molecule has 9 heteroatoms. The summed E-state index contributed by atoms with van der Waals surface area (Å²) in [6.45, 7) is 0.0941. The molecule has 0 radical (unpaired) electrons. The van der Waals surface area contributed by atoms with E-state index in [1.165, 1.54) is 31.4 Å². The number of aliphatic hydroxyl groups is 1. The number of hydrogen-bond donors (Lipinski definition) is 3. The van der Waals surface area contributed by atoms with Crippen LogP contribution in [0.4, 0.5) is 10.5 Å². The Bertz CT molecular complexity index is 815. The molecule has 0 saturated carbocycles. The van der Waals surface area contributed by atoms with Gasteiger partial charge < -0.3 is 14.4 Å². The maximum Gasteiger partial charge on any atom is 0.411 e. The number of aryl methyl sites for hydroxylation is 1. The van der Waals surface area contributed by atoms with Gasteiger partial charge in [-0.2, -0.15) is 0 Å². The van der Waals surface area contributed by atoms with Gasteiger partial charge in [0.15, 0.2) is 0 Å². The second-order valence-electron chi connectivity index (χ2n) is 5.39. The minimum absolute atomic E-state index is 0.0660. The molecule has 0 bridgehead atoms. The van der Waals surface area contributed by atoms with E-state index in [9.17, 15) is 18.3 Å². The number of aliphatic hydroxyl groups excluding tert-OH is 1. The second-order valence-corrected chi connectivity index (χ2v) is 7.15. The van der Waals surface area contributed by atoms with Crippen molar-refractivity contribution in [1.82, 2.24) is 9.29 Å². The molecule has 2 aromatic rings. The third-order valence-electron chi connectivity index (χ3n) is 3.63. The van der Waals surface area contributed by atoms with Crippen LogP contribution in [0.15, 0.2) is 47.5 Å². The molecule has 0 fully saturated rings. The van der Waals surface area contributed by atoms with Crippen molar-refractivity contribution in [3.05, 3.63) is 48.3 Å². The van der Waals surface area contributed by atoms with Crippen LogP contribution >= 0.6 is 0 Å². The quantitative estimate of drug-likeness (QED) is 0.689. The van der Waals surface area contributed by atoms with E-state index >= 15 is 0 Å². The summed E-state index contributed by atoms with van der Waals surface area (Å²) >= 11 is 0. The Balaban J connectivity index is 1.92. The van der Waals surface area contributed by atoms with E-state index in [4.69, 9.17) is 0 Å². The summed E-state index contributed by atoms with van der Waals surface area (Å²) in [4.78, 5) is 11.2. The summed E-state index contributed by atoms with van der Waals surface area (Å²) < 4.78 is 33.2. The number of nitrogens with zero attached hydrogens (tertiary/aromatic N) is 1. The Labute approximate surface area is 146 Å². The third kappa shape index (κ3) is 5.05. The lowest BCUT2D eigenvalue weighted by Gasteiger charge is -2.13. The van der Waals surface area contributed by atoms with Crippen LogP contribution in [-0.2, 0) is 21.8 Å². The van der Waals surface area contributed by atoms with Crippen molar-refractivity contribution in [3.8, 4) is 0 Å². The average molecular weight is 367 g/mol. The van der Waals surface area contributed by atoms with Gasteiger partial charge in [-0.15, -0.1) is 0 Å². The first-order chi connectivity index (χ1) is 11.8. The minimum atomic E-state index is -3.70. The Morgan fingerprint density at radius 3 is 2.52 bits per heavy atom. The van der Waals surface area contributed by atoms with Crippen LogP contribution in [0.25, 0.3) is 0 Å². The lowest BCUT2D eigenvalue weighted by Crippen LogP contribution is -2.26. The topological polar surface area (TPSA) is 110 Å². The average Bonchev–Trinajstić information content (AvgIpc) is 3.01. The van der Waals surface area contributed by atoms with Crippen molar-refractivity contribution in [2.75, 3.05) is 19.0 Å². The summed E-state index contributed by atoms with van der Waals surface area (Å²) in [5.74, 6) is 0. The van der Waals surface area contributed by atoms with Gasteiger partial charge in [0.1, 0.15) is 0 Å². The van der Waals surface area contributed by atoms with Gasteiger partial charge in [0, 0.05) is 31.2 Å². The Morgan fingerprint density at radius 1 is 1.28 bits per heavy atom. The van der Waals surface area contributed by atoms with Gasteiger partial charge in [-0.1, -0.05) is 0 Å². The number of benzene rings is 1. The zero-order valence-corrected chi connectivity index (χ0v) is 14.8. The summed E-state index contributed by atoms with van der Waals surface area (Å²) in [6, 6.07) is 9.27. The van der Waals surface area contributed by atoms with Crippen LogP contribution in [-0.4, -0.2) is 37.8 Å². The zero-order valence-electron chi connectivity index (χ0n) is 14.0. The van der Waals surface area contributed by atoms with Crippen LogP contribution in [0.2, 0.25) is 0 Å². The minimum Gasteiger partial charge on any atom is -0.453 e. The van der Waals surface area contributed by atoms with Crippen molar-refractivity contribution < 1.29 is 23.1 Å². The number of hydrogen-bond acceptors (Lipinski definition) is 5. The highest BCUT2D eigenvalue weighted by atomic mass is 32.2. The maximum atomic E-state index is 12.2. The highest BCUT2D eigenvalue weighted by Gasteiger charge is 2.16. The predicted octanol–water partition coefficient (Wildman–Crippen LogP) is 1.61. The molecule has 0 spiro atoms. The predicted molar refractivity (Wildman–Crippen MR) is 92.6 cm³/mol. The summed E-state index contributed by atoms with van der Waals surface area (Å²) in [7, 11) is -0.647. The molecule has 1 heterocycles. The van der Waals surface area contributed by atoms with Gasteiger partial charge in [-0.25, -0.2) is 17.9 Å². The van der Waals surface area contributed by atoms with Crippen LogP contribution < -0.4 is 10.0 Å². The number of ether oxygens (including phenoxy) is 1. The van der Waals surface area contributed by atoms with E-state index < -0.39 is 22.2 Å². The van der Waals surface area contributed by atoms with Crippen LogP contribution in [0, 0.1) is 0 Å². The van der Waals surface area contributed by atoms with Crippen LogP contribution in [0.1, 0.15) is 18.2 Å². The number of anilines is 1. The lowest BCUT2D eigenvalue weighted by atomic mass is 10.2. The van der Waals surface area contributed by atoms with Crippen LogP contribution in [0.5, 0.6) is 0 Å². The molecular weight excluding hydrogens is 346 g/mol. The summed E-state index contributed by atoms with van der Waals surface area (Å²) in [5, 5.41) is 12.5. The van der Waals surface area contributed by atoms with E-state index in [1.807, 2.05) is 19.3 Å². The van der Waals surface area contributed by atoms with E-state index in [2.05, 4.69) is 14.8 Å². The first kappa shape index (κ1) is 19.0. The Hall–Kier alpha value is -2.36. The number of carbonyl (C=O) groups excluding carboxylic acids is 1.